The fraction of sp³-hybridized carbons (Fsp3) is 0.222. The first-order chi connectivity index (χ1) is 5.66. The van der Waals surface area contributed by atoms with E-state index < -0.39 is 0 Å². The summed E-state index contributed by atoms with van der Waals surface area (Å²) >= 11 is 0. The second kappa shape index (κ2) is 3.14. The topological polar surface area (TPSA) is 47.3 Å². The molecule has 0 heterocycles. The summed E-state index contributed by atoms with van der Waals surface area (Å²) in [6.07, 6.45) is 0. The second-order valence-electron chi connectivity index (χ2n) is 2.68. The number of para-hydroxylation sites is 1. The van der Waals surface area contributed by atoms with Crippen molar-refractivity contribution < 1.29 is 5.11 Å². The van der Waals surface area contributed by atoms with Gasteiger partial charge in [-0.05, 0) is 12.1 Å². The molecule has 62 valence electrons. The van der Waals surface area contributed by atoms with Crippen LogP contribution in [-0.4, -0.2) is 19.2 Å². The Bertz CT molecular complexity index is 326. The molecule has 12 heavy (non-hydrogen) atoms. The predicted octanol–water partition coefficient (Wildman–Crippen LogP) is 1.33. The van der Waals surface area contributed by atoms with E-state index in [-0.39, 0.29) is 5.75 Å². The molecule has 0 aliphatic carbocycles. The van der Waals surface area contributed by atoms with Gasteiger partial charge < -0.3 is 10.0 Å². The predicted molar refractivity (Wildman–Crippen MR) is 47.1 cm³/mol. The molecule has 1 N–H and O–H groups in total. The Labute approximate surface area is 71.5 Å². The number of rotatable bonds is 1. The number of aromatic hydroxyl groups is 1. The standard InChI is InChI=1S/C9H10N2O/c1-11(2)8-5-3-4-7(6-10)9(8)12/h3-5,12H,1-2H3. The smallest absolute Gasteiger partial charge is 0.156 e. The molecule has 1 aromatic carbocycles. The van der Waals surface area contributed by atoms with Gasteiger partial charge in [0.05, 0.1) is 11.3 Å². The van der Waals surface area contributed by atoms with Crippen molar-refractivity contribution in [1.82, 2.24) is 0 Å². The highest BCUT2D eigenvalue weighted by atomic mass is 16.3. The van der Waals surface area contributed by atoms with Crippen molar-refractivity contribution in [3.8, 4) is 11.8 Å². The lowest BCUT2D eigenvalue weighted by Crippen LogP contribution is -2.08. The van der Waals surface area contributed by atoms with Crippen LogP contribution in [0.15, 0.2) is 18.2 Å². The highest BCUT2D eigenvalue weighted by Gasteiger charge is 2.06. The molecule has 0 aliphatic heterocycles. The highest BCUT2D eigenvalue weighted by Crippen LogP contribution is 2.28. The van der Waals surface area contributed by atoms with Gasteiger partial charge in [0, 0.05) is 14.1 Å². The highest BCUT2D eigenvalue weighted by molar-refractivity contribution is 5.63. The van der Waals surface area contributed by atoms with Crippen LogP contribution in [-0.2, 0) is 0 Å². The van der Waals surface area contributed by atoms with Crippen molar-refractivity contribution in [2.75, 3.05) is 19.0 Å². The van der Waals surface area contributed by atoms with Gasteiger partial charge in [-0.15, -0.1) is 0 Å². The fourth-order valence-electron chi connectivity index (χ4n) is 0.982. The van der Waals surface area contributed by atoms with Gasteiger partial charge in [0.25, 0.3) is 0 Å². The van der Waals surface area contributed by atoms with Crippen molar-refractivity contribution in [3.63, 3.8) is 0 Å². The number of anilines is 1. The first-order valence-corrected chi connectivity index (χ1v) is 3.56. The molecule has 0 bridgehead atoms. The minimum Gasteiger partial charge on any atom is -0.504 e. The van der Waals surface area contributed by atoms with Crippen LogP contribution in [0, 0.1) is 11.3 Å². The Morgan fingerprint density at radius 3 is 2.58 bits per heavy atom. The first-order valence-electron chi connectivity index (χ1n) is 3.56. The van der Waals surface area contributed by atoms with Crippen LogP contribution < -0.4 is 4.90 Å². The summed E-state index contributed by atoms with van der Waals surface area (Å²) in [6, 6.07) is 7.00. The van der Waals surface area contributed by atoms with Gasteiger partial charge in [-0.3, -0.25) is 0 Å². The van der Waals surface area contributed by atoms with Crippen LogP contribution in [0.5, 0.6) is 5.75 Å². The molecule has 0 aromatic heterocycles. The molecule has 0 spiro atoms. The van der Waals surface area contributed by atoms with E-state index in [9.17, 15) is 5.11 Å². The second-order valence-corrected chi connectivity index (χ2v) is 2.68. The summed E-state index contributed by atoms with van der Waals surface area (Å²) < 4.78 is 0. The number of phenols is 1. The zero-order valence-electron chi connectivity index (χ0n) is 7.07. The first kappa shape index (κ1) is 8.41. The number of nitriles is 1. The number of benzene rings is 1. The minimum atomic E-state index is 0.0463. The molecule has 0 radical (unpaired) electrons. The van der Waals surface area contributed by atoms with E-state index in [0.717, 1.165) is 0 Å². The third-order valence-electron chi connectivity index (χ3n) is 1.62. The summed E-state index contributed by atoms with van der Waals surface area (Å²) in [7, 11) is 3.63. The van der Waals surface area contributed by atoms with E-state index in [1.54, 1.807) is 23.1 Å². The molecule has 0 amide bonds. The average Bonchev–Trinajstić information content (AvgIpc) is 2.04. The fourth-order valence-corrected chi connectivity index (χ4v) is 0.982. The Kier molecular flexibility index (Phi) is 2.20. The lowest BCUT2D eigenvalue weighted by molar-refractivity contribution is 0.474. The third kappa shape index (κ3) is 1.32. The van der Waals surface area contributed by atoms with Gasteiger partial charge in [-0.2, -0.15) is 5.26 Å². The van der Waals surface area contributed by atoms with Crippen LogP contribution in [0.3, 0.4) is 0 Å². The molecule has 0 atom stereocenters. The number of phenolic OH excluding ortho intramolecular Hbond substituents is 1. The average molecular weight is 162 g/mol. The van der Waals surface area contributed by atoms with Gasteiger partial charge in [0.1, 0.15) is 6.07 Å². The lowest BCUT2D eigenvalue weighted by Gasteiger charge is -2.14. The summed E-state index contributed by atoms with van der Waals surface area (Å²) in [4.78, 5) is 1.76. The van der Waals surface area contributed by atoms with Crippen LogP contribution in [0.25, 0.3) is 0 Å². The Morgan fingerprint density at radius 1 is 1.42 bits per heavy atom. The summed E-state index contributed by atoms with van der Waals surface area (Å²) in [6.45, 7) is 0. The Morgan fingerprint density at radius 2 is 2.08 bits per heavy atom. The van der Waals surface area contributed by atoms with Crippen molar-refractivity contribution in [3.05, 3.63) is 23.8 Å². The molecule has 0 fully saturated rings. The Balaban J connectivity index is 3.25. The van der Waals surface area contributed by atoms with Gasteiger partial charge in [0.15, 0.2) is 5.75 Å². The maximum atomic E-state index is 9.50. The molecule has 3 heteroatoms. The molecule has 3 nitrogen and oxygen atoms in total. The Hall–Kier alpha value is -1.69. The van der Waals surface area contributed by atoms with Crippen molar-refractivity contribution in [1.29, 1.82) is 5.26 Å². The van der Waals surface area contributed by atoms with Gasteiger partial charge in [-0.25, -0.2) is 0 Å². The van der Waals surface area contributed by atoms with Gasteiger partial charge >= 0.3 is 0 Å². The van der Waals surface area contributed by atoms with Crippen molar-refractivity contribution >= 4 is 5.69 Å². The summed E-state index contributed by atoms with van der Waals surface area (Å²) in [5, 5.41) is 18.1. The van der Waals surface area contributed by atoms with E-state index in [1.807, 2.05) is 20.2 Å². The van der Waals surface area contributed by atoms with Gasteiger partial charge in [-0.1, -0.05) is 6.07 Å². The van der Waals surface area contributed by atoms with Crippen LogP contribution in [0.2, 0.25) is 0 Å². The molecule has 0 saturated heterocycles. The molecule has 0 aliphatic rings. The van der Waals surface area contributed by atoms with E-state index in [1.165, 1.54) is 0 Å². The van der Waals surface area contributed by atoms with Crippen LogP contribution >= 0.6 is 0 Å². The van der Waals surface area contributed by atoms with Crippen LogP contribution in [0.1, 0.15) is 5.56 Å². The largest absolute Gasteiger partial charge is 0.504 e. The molecule has 1 rings (SSSR count). The number of nitrogens with zero attached hydrogens (tertiary/aromatic N) is 2. The molecule has 1 aromatic rings. The quantitative estimate of drug-likeness (QED) is 0.677. The van der Waals surface area contributed by atoms with Crippen molar-refractivity contribution in [2.45, 2.75) is 0 Å². The van der Waals surface area contributed by atoms with Crippen molar-refractivity contribution in [2.24, 2.45) is 0 Å². The van der Waals surface area contributed by atoms with E-state index in [0.29, 0.717) is 11.3 Å². The number of hydrogen-bond acceptors (Lipinski definition) is 3. The SMILES string of the molecule is CN(C)c1cccc(C#N)c1O. The van der Waals surface area contributed by atoms with E-state index >= 15 is 0 Å². The lowest BCUT2D eigenvalue weighted by atomic mass is 10.2. The number of hydrogen-bond donors (Lipinski definition) is 1. The maximum Gasteiger partial charge on any atom is 0.156 e. The van der Waals surface area contributed by atoms with E-state index in [4.69, 9.17) is 5.26 Å². The van der Waals surface area contributed by atoms with Crippen LogP contribution in [0.4, 0.5) is 5.69 Å². The molecular weight excluding hydrogens is 152 g/mol. The zero-order valence-corrected chi connectivity index (χ0v) is 7.07. The normalized spacial score (nSPS) is 9.08. The molecule has 0 saturated carbocycles. The van der Waals surface area contributed by atoms with Gasteiger partial charge in [0.2, 0.25) is 0 Å². The summed E-state index contributed by atoms with van der Waals surface area (Å²) in [5.74, 6) is 0.0463. The molecule has 0 unspecified atom stereocenters. The monoisotopic (exact) mass is 162 g/mol. The third-order valence-corrected chi connectivity index (χ3v) is 1.62. The zero-order chi connectivity index (χ0) is 9.14. The molecular formula is C9H10N2O. The minimum absolute atomic E-state index is 0.0463. The van der Waals surface area contributed by atoms with E-state index in [2.05, 4.69) is 0 Å². The summed E-state index contributed by atoms with van der Waals surface area (Å²) in [5.41, 5.74) is 0.968. The maximum absolute atomic E-state index is 9.50.